The third-order valence-corrected chi connectivity index (χ3v) is 4.72. The van der Waals surface area contributed by atoms with Crippen molar-refractivity contribution in [3.05, 3.63) is 0 Å². The molecule has 1 saturated carbocycles. The maximum absolute atomic E-state index is 3.51. The van der Waals surface area contributed by atoms with E-state index in [1.54, 1.807) is 0 Å². The lowest BCUT2D eigenvalue weighted by atomic mass is 9.80. The zero-order valence-corrected chi connectivity index (χ0v) is 11.0. The summed E-state index contributed by atoms with van der Waals surface area (Å²) in [4.78, 5) is 2.66. The van der Waals surface area contributed by atoms with Gasteiger partial charge in [0.05, 0.1) is 0 Å². The third kappa shape index (κ3) is 3.21. The lowest BCUT2D eigenvalue weighted by Crippen LogP contribution is -2.40. The van der Waals surface area contributed by atoms with E-state index in [0.717, 1.165) is 18.0 Å². The fraction of sp³-hybridized carbons (Fsp3) is 1.00. The predicted molar refractivity (Wildman–Crippen MR) is 69.7 cm³/mol. The van der Waals surface area contributed by atoms with Gasteiger partial charge in [0, 0.05) is 12.1 Å². The van der Waals surface area contributed by atoms with E-state index < -0.39 is 0 Å². The van der Waals surface area contributed by atoms with Crippen LogP contribution in [0.4, 0.5) is 0 Å². The Kier molecular flexibility index (Phi) is 4.66. The lowest BCUT2D eigenvalue weighted by molar-refractivity contribution is 0.130. The van der Waals surface area contributed by atoms with Gasteiger partial charge in [-0.1, -0.05) is 19.3 Å². The minimum Gasteiger partial charge on any atom is -0.317 e. The maximum atomic E-state index is 3.51. The van der Waals surface area contributed by atoms with Crippen LogP contribution in [0.5, 0.6) is 0 Å². The molecule has 2 rings (SSSR count). The molecule has 0 aromatic carbocycles. The Morgan fingerprint density at radius 1 is 1.12 bits per heavy atom. The molecule has 0 bridgehead atoms. The van der Waals surface area contributed by atoms with Gasteiger partial charge in [0.1, 0.15) is 0 Å². The van der Waals surface area contributed by atoms with Crippen LogP contribution >= 0.6 is 0 Å². The van der Waals surface area contributed by atoms with Crippen molar-refractivity contribution in [3.8, 4) is 0 Å². The molecule has 16 heavy (non-hydrogen) atoms. The highest BCUT2D eigenvalue weighted by molar-refractivity contribution is 4.81. The first-order chi connectivity index (χ1) is 7.77. The van der Waals surface area contributed by atoms with Gasteiger partial charge in [0.15, 0.2) is 0 Å². The zero-order chi connectivity index (χ0) is 11.4. The molecule has 2 unspecified atom stereocenters. The van der Waals surface area contributed by atoms with Gasteiger partial charge in [-0.15, -0.1) is 0 Å². The van der Waals surface area contributed by atoms with E-state index in [0.29, 0.717) is 0 Å². The second-order valence-corrected chi connectivity index (χ2v) is 5.88. The third-order valence-electron chi connectivity index (χ3n) is 4.72. The van der Waals surface area contributed by atoms with Crippen LogP contribution in [-0.4, -0.2) is 37.1 Å². The van der Waals surface area contributed by atoms with Gasteiger partial charge in [-0.05, 0) is 58.7 Å². The van der Waals surface area contributed by atoms with Gasteiger partial charge < -0.3 is 10.2 Å². The van der Waals surface area contributed by atoms with E-state index in [9.17, 15) is 0 Å². The van der Waals surface area contributed by atoms with Crippen LogP contribution in [0.2, 0.25) is 0 Å². The van der Waals surface area contributed by atoms with E-state index in [-0.39, 0.29) is 0 Å². The molecule has 0 aromatic rings. The molecular weight excluding hydrogens is 196 g/mol. The van der Waals surface area contributed by atoms with E-state index in [2.05, 4.69) is 24.2 Å². The number of rotatable bonds is 4. The average Bonchev–Trinajstić information content (AvgIpc) is 2.50. The SMILES string of the molecule is CC(CC1CCC1)N(C)C1CCCNCC1. The summed E-state index contributed by atoms with van der Waals surface area (Å²) in [6.07, 6.45) is 9.97. The topological polar surface area (TPSA) is 15.3 Å². The largest absolute Gasteiger partial charge is 0.317 e. The van der Waals surface area contributed by atoms with Crippen LogP contribution in [0.25, 0.3) is 0 Å². The Balaban J connectivity index is 1.76. The van der Waals surface area contributed by atoms with Crippen molar-refractivity contribution in [2.75, 3.05) is 20.1 Å². The molecule has 1 heterocycles. The molecule has 2 nitrogen and oxygen atoms in total. The highest BCUT2D eigenvalue weighted by atomic mass is 15.2. The Bertz CT molecular complexity index is 193. The summed E-state index contributed by atoms with van der Waals surface area (Å²) in [6.45, 7) is 4.86. The normalized spacial score (nSPS) is 29.8. The summed E-state index contributed by atoms with van der Waals surface area (Å²) in [5.74, 6) is 1.04. The van der Waals surface area contributed by atoms with Gasteiger partial charge in [0.25, 0.3) is 0 Å². The number of nitrogens with zero attached hydrogens (tertiary/aromatic N) is 1. The lowest BCUT2D eigenvalue weighted by Gasteiger charge is -2.36. The molecule has 1 aliphatic carbocycles. The van der Waals surface area contributed by atoms with Gasteiger partial charge in [-0.3, -0.25) is 0 Å². The molecule has 0 aromatic heterocycles. The quantitative estimate of drug-likeness (QED) is 0.790. The Labute approximate surface area is 101 Å². The van der Waals surface area contributed by atoms with Crippen LogP contribution in [-0.2, 0) is 0 Å². The second kappa shape index (κ2) is 6.02. The van der Waals surface area contributed by atoms with Crippen LogP contribution in [0, 0.1) is 5.92 Å². The molecule has 0 radical (unpaired) electrons. The minimum atomic E-state index is 0.786. The van der Waals surface area contributed by atoms with Crippen molar-refractivity contribution in [1.29, 1.82) is 0 Å². The molecule has 2 atom stereocenters. The van der Waals surface area contributed by atoms with Gasteiger partial charge in [-0.2, -0.15) is 0 Å². The number of hydrogen-bond donors (Lipinski definition) is 1. The van der Waals surface area contributed by atoms with E-state index in [1.807, 2.05) is 0 Å². The zero-order valence-electron chi connectivity index (χ0n) is 11.0. The van der Waals surface area contributed by atoms with Gasteiger partial charge in [0.2, 0.25) is 0 Å². The molecule has 2 fully saturated rings. The van der Waals surface area contributed by atoms with Crippen molar-refractivity contribution in [2.45, 2.75) is 64.0 Å². The van der Waals surface area contributed by atoms with Crippen molar-refractivity contribution in [1.82, 2.24) is 10.2 Å². The molecular formula is C14H28N2. The monoisotopic (exact) mass is 224 g/mol. The molecule has 0 spiro atoms. The van der Waals surface area contributed by atoms with Crippen LogP contribution in [0.1, 0.15) is 51.9 Å². The average molecular weight is 224 g/mol. The summed E-state index contributed by atoms with van der Waals surface area (Å²) in [7, 11) is 2.35. The first-order valence-electron chi connectivity index (χ1n) is 7.20. The molecule has 94 valence electrons. The van der Waals surface area contributed by atoms with E-state index in [4.69, 9.17) is 0 Å². The Morgan fingerprint density at radius 2 is 1.94 bits per heavy atom. The van der Waals surface area contributed by atoms with Crippen molar-refractivity contribution >= 4 is 0 Å². The summed E-state index contributed by atoms with van der Waals surface area (Å²) in [5.41, 5.74) is 0. The molecule has 2 aliphatic rings. The van der Waals surface area contributed by atoms with Crippen molar-refractivity contribution < 1.29 is 0 Å². The van der Waals surface area contributed by atoms with Crippen molar-refractivity contribution in [3.63, 3.8) is 0 Å². The van der Waals surface area contributed by atoms with Crippen LogP contribution in [0.15, 0.2) is 0 Å². The summed E-state index contributed by atoms with van der Waals surface area (Å²) < 4.78 is 0. The van der Waals surface area contributed by atoms with Crippen LogP contribution < -0.4 is 5.32 Å². The highest BCUT2D eigenvalue weighted by Gasteiger charge is 2.25. The van der Waals surface area contributed by atoms with Crippen LogP contribution in [0.3, 0.4) is 0 Å². The molecule has 1 saturated heterocycles. The Hall–Kier alpha value is -0.0800. The summed E-state index contributed by atoms with van der Waals surface area (Å²) in [5, 5.41) is 3.51. The highest BCUT2D eigenvalue weighted by Crippen LogP contribution is 2.32. The number of hydrogen-bond acceptors (Lipinski definition) is 2. The second-order valence-electron chi connectivity index (χ2n) is 5.88. The first kappa shape index (κ1) is 12.4. The number of nitrogens with one attached hydrogen (secondary N) is 1. The minimum absolute atomic E-state index is 0.786. The van der Waals surface area contributed by atoms with Gasteiger partial charge in [-0.25, -0.2) is 0 Å². The van der Waals surface area contributed by atoms with Crippen molar-refractivity contribution in [2.24, 2.45) is 5.92 Å². The first-order valence-corrected chi connectivity index (χ1v) is 7.20. The summed E-state index contributed by atoms with van der Waals surface area (Å²) in [6, 6.07) is 1.61. The predicted octanol–water partition coefficient (Wildman–Crippen LogP) is 2.64. The summed E-state index contributed by atoms with van der Waals surface area (Å²) >= 11 is 0. The van der Waals surface area contributed by atoms with Gasteiger partial charge >= 0.3 is 0 Å². The molecule has 2 heteroatoms. The maximum Gasteiger partial charge on any atom is 0.0108 e. The standard InChI is InChI=1S/C14H28N2/c1-12(11-13-5-3-6-13)16(2)14-7-4-9-15-10-8-14/h12-15H,3-11H2,1-2H3. The smallest absolute Gasteiger partial charge is 0.0108 e. The molecule has 1 aliphatic heterocycles. The molecule has 0 amide bonds. The van der Waals surface area contributed by atoms with E-state index in [1.165, 1.54) is 58.0 Å². The fourth-order valence-corrected chi connectivity index (χ4v) is 3.15. The fourth-order valence-electron chi connectivity index (χ4n) is 3.15. The Morgan fingerprint density at radius 3 is 2.62 bits per heavy atom. The molecule has 1 N–H and O–H groups in total. The van der Waals surface area contributed by atoms with E-state index >= 15 is 0 Å².